The molecule has 4 aliphatic rings. The zero-order valence-corrected chi connectivity index (χ0v) is 15.2. The van der Waals surface area contributed by atoms with Gasteiger partial charge in [0.1, 0.15) is 0 Å². The molecule has 1 aromatic rings. The largest absolute Gasteiger partial charge is 0.326 e. The summed E-state index contributed by atoms with van der Waals surface area (Å²) in [4.78, 5) is 39.1. The Bertz CT molecular complexity index is 781. The lowest BCUT2D eigenvalue weighted by Gasteiger charge is -2.38. The number of rotatable bonds is 4. The van der Waals surface area contributed by atoms with E-state index in [-0.39, 0.29) is 54.4 Å². The summed E-state index contributed by atoms with van der Waals surface area (Å²) >= 11 is 0. The second-order valence-electron chi connectivity index (χ2n) is 7.79. The maximum atomic E-state index is 12.7. The summed E-state index contributed by atoms with van der Waals surface area (Å²) in [7, 11) is 0. The molecule has 5 heteroatoms. The summed E-state index contributed by atoms with van der Waals surface area (Å²) in [5.74, 6) is -0.362. The molecular weight excluding hydrogens is 328 g/mol. The molecule has 4 atom stereocenters. The van der Waals surface area contributed by atoms with Crippen LogP contribution in [0.2, 0.25) is 0 Å². The molecule has 0 aromatic heterocycles. The fraction of sp³-hybridized carbons (Fsp3) is 0.476. The first-order valence-corrected chi connectivity index (χ1v) is 9.36. The molecule has 1 aliphatic heterocycles. The number of imide groups is 1. The van der Waals surface area contributed by atoms with Crippen LogP contribution in [0, 0.1) is 37.5 Å². The second kappa shape index (κ2) is 6.38. The van der Waals surface area contributed by atoms with Gasteiger partial charge in [0, 0.05) is 18.7 Å². The van der Waals surface area contributed by atoms with Gasteiger partial charge in [-0.05, 0) is 50.2 Å². The molecule has 1 saturated carbocycles. The van der Waals surface area contributed by atoms with Crippen molar-refractivity contribution < 1.29 is 14.4 Å². The normalized spacial score (nSPS) is 29.2. The average Bonchev–Trinajstić information content (AvgIpc) is 2.90. The van der Waals surface area contributed by atoms with Gasteiger partial charge in [-0.15, -0.1) is 0 Å². The minimum atomic E-state index is -0.200. The SMILES string of the molecule is Cc1ccc(NC(=O)CCN2C(=O)[C@H]3[C@H](C2=O)[C@H]2C=C[C@H]3CC2)c(C)c1. The molecule has 1 heterocycles. The van der Waals surface area contributed by atoms with Crippen molar-refractivity contribution in [1.82, 2.24) is 4.90 Å². The van der Waals surface area contributed by atoms with Crippen LogP contribution in [0.25, 0.3) is 0 Å². The van der Waals surface area contributed by atoms with Crippen molar-refractivity contribution in [2.75, 3.05) is 11.9 Å². The van der Waals surface area contributed by atoms with Gasteiger partial charge in [-0.25, -0.2) is 0 Å². The lowest BCUT2D eigenvalue weighted by molar-refractivity contribution is -0.140. The van der Waals surface area contributed by atoms with Gasteiger partial charge in [0.15, 0.2) is 0 Å². The van der Waals surface area contributed by atoms with Crippen LogP contribution in [0.15, 0.2) is 30.4 Å². The minimum absolute atomic E-state index is 0.0848. The fourth-order valence-electron chi connectivity index (χ4n) is 4.74. The van der Waals surface area contributed by atoms with Gasteiger partial charge in [-0.3, -0.25) is 19.3 Å². The molecule has 5 nitrogen and oxygen atoms in total. The van der Waals surface area contributed by atoms with E-state index < -0.39 is 0 Å². The summed E-state index contributed by atoms with van der Waals surface area (Å²) in [5, 5.41) is 2.88. The van der Waals surface area contributed by atoms with Crippen molar-refractivity contribution >= 4 is 23.4 Å². The third kappa shape index (κ3) is 2.75. The molecular formula is C21H24N2O3. The number of carbonyl (C=O) groups is 3. The highest BCUT2D eigenvalue weighted by molar-refractivity contribution is 6.06. The van der Waals surface area contributed by atoms with E-state index >= 15 is 0 Å². The number of nitrogens with one attached hydrogen (secondary N) is 1. The zero-order valence-electron chi connectivity index (χ0n) is 15.2. The van der Waals surface area contributed by atoms with E-state index in [4.69, 9.17) is 0 Å². The lowest BCUT2D eigenvalue weighted by Crippen LogP contribution is -2.38. The molecule has 2 fully saturated rings. The minimum Gasteiger partial charge on any atom is -0.326 e. The highest BCUT2D eigenvalue weighted by Crippen LogP contribution is 2.49. The number of aryl methyl sites for hydroxylation is 2. The van der Waals surface area contributed by atoms with Gasteiger partial charge >= 0.3 is 0 Å². The molecule has 3 amide bonds. The van der Waals surface area contributed by atoms with E-state index in [1.807, 2.05) is 32.0 Å². The highest BCUT2D eigenvalue weighted by Gasteiger charge is 2.56. The summed E-state index contributed by atoms with van der Waals surface area (Å²) < 4.78 is 0. The molecule has 3 aliphatic carbocycles. The van der Waals surface area contributed by atoms with Gasteiger partial charge in [-0.1, -0.05) is 29.8 Å². The summed E-state index contributed by atoms with van der Waals surface area (Å²) in [6, 6.07) is 5.84. The number of amides is 3. The van der Waals surface area contributed by atoms with Gasteiger partial charge < -0.3 is 5.32 Å². The molecule has 1 saturated heterocycles. The molecule has 0 radical (unpaired) electrons. The zero-order chi connectivity index (χ0) is 18.4. The Morgan fingerprint density at radius 3 is 2.23 bits per heavy atom. The van der Waals surface area contributed by atoms with Crippen molar-refractivity contribution in [2.45, 2.75) is 33.1 Å². The average molecular weight is 352 g/mol. The second-order valence-corrected chi connectivity index (χ2v) is 7.79. The van der Waals surface area contributed by atoms with Gasteiger partial charge in [0.2, 0.25) is 17.7 Å². The summed E-state index contributed by atoms with van der Waals surface area (Å²) in [5.41, 5.74) is 2.91. The Morgan fingerprint density at radius 2 is 1.69 bits per heavy atom. The van der Waals surface area contributed by atoms with Crippen molar-refractivity contribution in [2.24, 2.45) is 23.7 Å². The first-order valence-electron chi connectivity index (χ1n) is 9.36. The van der Waals surface area contributed by atoms with Crippen LogP contribution in [-0.4, -0.2) is 29.2 Å². The predicted octanol–water partition coefficient (Wildman–Crippen LogP) is 2.83. The number of allylic oxidation sites excluding steroid dienone is 2. The third-order valence-corrected chi connectivity index (χ3v) is 6.07. The molecule has 2 bridgehead atoms. The number of hydrogen-bond donors (Lipinski definition) is 1. The van der Waals surface area contributed by atoms with Crippen molar-refractivity contribution in [1.29, 1.82) is 0 Å². The van der Waals surface area contributed by atoms with E-state index in [2.05, 4.69) is 17.5 Å². The lowest BCUT2D eigenvalue weighted by atomic mass is 9.63. The monoisotopic (exact) mass is 352 g/mol. The number of hydrogen-bond acceptors (Lipinski definition) is 3. The maximum Gasteiger partial charge on any atom is 0.233 e. The number of anilines is 1. The molecule has 0 unspecified atom stereocenters. The van der Waals surface area contributed by atoms with Crippen LogP contribution < -0.4 is 5.32 Å². The first-order chi connectivity index (χ1) is 12.5. The van der Waals surface area contributed by atoms with Gasteiger partial charge in [0.05, 0.1) is 11.8 Å². The van der Waals surface area contributed by atoms with Crippen LogP contribution in [0.1, 0.15) is 30.4 Å². The molecule has 1 aromatic carbocycles. The highest BCUT2D eigenvalue weighted by atomic mass is 16.2. The number of fused-ring (bicyclic) bond motifs is 1. The number of likely N-dealkylation sites (tertiary alicyclic amines) is 1. The Labute approximate surface area is 153 Å². The van der Waals surface area contributed by atoms with E-state index in [0.717, 1.165) is 29.7 Å². The van der Waals surface area contributed by atoms with Crippen LogP contribution in [-0.2, 0) is 14.4 Å². The van der Waals surface area contributed by atoms with Gasteiger partial charge in [-0.2, -0.15) is 0 Å². The predicted molar refractivity (Wildman–Crippen MR) is 98.2 cm³/mol. The number of benzene rings is 1. The molecule has 5 rings (SSSR count). The molecule has 26 heavy (non-hydrogen) atoms. The van der Waals surface area contributed by atoms with E-state index in [9.17, 15) is 14.4 Å². The van der Waals surface area contributed by atoms with Crippen molar-refractivity contribution in [3.8, 4) is 0 Å². The van der Waals surface area contributed by atoms with Crippen LogP contribution in [0.3, 0.4) is 0 Å². The van der Waals surface area contributed by atoms with Crippen LogP contribution >= 0.6 is 0 Å². The van der Waals surface area contributed by atoms with Crippen LogP contribution in [0.4, 0.5) is 5.69 Å². The Morgan fingerprint density at radius 1 is 1.08 bits per heavy atom. The smallest absolute Gasteiger partial charge is 0.233 e. The first kappa shape index (κ1) is 17.0. The fourth-order valence-corrected chi connectivity index (χ4v) is 4.74. The molecule has 136 valence electrons. The van der Waals surface area contributed by atoms with Crippen LogP contribution in [0.5, 0.6) is 0 Å². The summed E-state index contributed by atoms with van der Waals surface area (Å²) in [6.45, 7) is 4.12. The molecule has 0 spiro atoms. The quantitative estimate of drug-likeness (QED) is 0.669. The third-order valence-electron chi connectivity index (χ3n) is 6.07. The van der Waals surface area contributed by atoms with Crippen molar-refractivity contribution in [3.63, 3.8) is 0 Å². The molecule has 1 N–H and O–H groups in total. The van der Waals surface area contributed by atoms with Crippen molar-refractivity contribution in [3.05, 3.63) is 41.5 Å². The van der Waals surface area contributed by atoms with E-state index in [1.54, 1.807) is 0 Å². The summed E-state index contributed by atoms with van der Waals surface area (Å²) in [6.07, 6.45) is 6.32. The number of carbonyl (C=O) groups excluding carboxylic acids is 3. The topological polar surface area (TPSA) is 66.5 Å². The maximum absolute atomic E-state index is 12.7. The Kier molecular flexibility index (Phi) is 4.17. The van der Waals surface area contributed by atoms with E-state index in [1.165, 1.54) is 4.90 Å². The number of nitrogens with zero attached hydrogens (tertiary/aromatic N) is 1. The van der Waals surface area contributed by atoms with Gasteiger partial charge in [0.25, 0.3) is 0 Å². The standard InChI is InChI=1S/C21H24N2O3/c1-12-3-8-16(13(2)11-12)22-17(24)9-10-23-20(25)18-14-4-5-15(7-6-14)19(18)21(23)26/h3-5,8,11,14-15,18-19H,6-7,9-10H2,1-2H3,(H,22,24)/t14-,15-,18+,19+/m0/s1. The Balaban J connectivity index is 1.40. The Hall–Kier alpha value is -2.43. The van der Waals surface area contributed by atoms with E-state index in [0.29, 0.717) is 0 Å².